The molecule has 1 rings (SSSR count). The molecular weight excluding hydrogens is 174 g/mol. The monoisotopic (exact) mass is 187 g/mol. The predicted octanol–water partition coefficient (Wildman–Crippen LogP) is 2.36. The van der Waals surface area contributed by atoms with Gasteiger partial charge in [-0.2, -0.15) is 0 Å². The second-order valence-corrected chi connectivity index (χ2v) is 2.37. The molecule has 4 heteroatoms. The van der Waals surface area contributed by atoms with E-state index < -0.39 is 0 Å². The van der Waals surface area contributed by atoms with Gasteiger partial charge in [0.15, 0.2) is 0 Å². The van der Waals surface area contributed by atoms with E-state index >= 15 is 0 Å². The Bertz CT molecular complexity index is 238. The summed E-state index contributed by atoms with van der Waals surface area (Å²) in [6.07, 6.45) is 1.56. The van der Waals surface area contributed by atoms with Gasteiger partial charge in [0.25, 0.3) is 0 Å². The topological polar surface area (TPSA) is 50.9 Å². The molecule has 1 aromatic heterocycles. The van der Waals surface area contributed by atoms with Crippen LogP contribution in [-0.4, -0.2) is 4.98 Å². The third-order valence-corrected chi connectivity index (χ3v) is 1.59. The van der Waals surface area contributed by atoms with E-state index in [-0.39, 0.29) is 0 Å². The molecule has 0 saturated heterocycles. The van der Waals surface area contributed by atoms with Crippen molar-refractivity contribution in [1.29, 1.82) is 0 Å². The molecule has 0 unspecified atom stereocenters. The van der Waals surface area contributed by atoms with Crippen molar-refractivity contribution >= 4 is 17.4 Å². The summed E-state index contributed by atoms with van der Waals surface area (Å²) in [7, 11) is 0. The Morgan fingerprint density at radius 3 is 2.50 bits per heavy atom. The van der Waals surface area contributed by atoms with E-state index in [2.05, 4.69) is 10.4 Å². The molecule has 1 heterocycles. The molecule has 68 valence electrons. The lowest BCUT2D eigenvalue weighted by Crippen LogP contribution is -2.08. The van der Waals surface area contributed by atoms with E-state index in [4.69, 9.17) is 17.4 Å². The molecule has 0 aliphatic rings. The zero-order valence-electron chi connectivity index (χ0n) is 7.56. The molecule has 0 aliphatic heterocycles. The zero-order valence-corrected chi connectivity index (χ0v) is 8.31. The van der Waals surface area contributed by atoms with Crippen LogP contribution >= 0.6 is 11.6 Å². The highest BCUT2D eigenvalue weighted by Crippen LogP contribution is 2.15. The van der Waals surface area contributed by atoms with Gasteiger partial charge in [-0.3, -0.25) is 0 Å². The van der Waals surface area contributed by atoms with Gasteiger partial charge in [0.05, 0.1) is 5.02 Å². The van der Waals surface area contributed by atoms with Gasteiger partial charge in [-0.15, -0.1) is 0 Å². The Hall–Kier alpha value is -0.800. The van der Waals surface area contributed by atoms with Gasteiger partial charge in [0.1, 0.15) is 5.82 Å². The molecule has 0 fully saturated rings. The first-order valence-corrected chi connectivity index (χ1v) is 4.20. The van der Waals surface area contributed by atoms with Crippen molar-refractivity contribution in [2.45, 2.75) is 20.8 Å². The van der Waals surface area contributed by atoms with E-state index in [0.29, 0.717) is 10.8 Å². The Kier molecular flexibility index (Phi) is 5.41. The number of pyridine rings is 1. The minimum Gasteiger partial charge on any atom is -0.308 e. The number of rotatable bonds is 1. The molecular formula is C8H14ClN3. The first-order valence-electron chi connectivity index (χ1n) is 3.83. The van der Waals surface area contributed by atoms with Crippen LogP contribution in [0.3, 0.4) is 0 Å². The highest BCUT2D eigenvalue weighted by Gasteiger charge is 1.95. The van der Waals surface area contributed by atoms with Crippen LogP contribution in [0.4, 0.5) is 5.82 Å². The van der Waals surface area contributed by atoms with Crippen LogP contribution in [0.1, 0.15) is 19.4 Å². The first-order chi connectivity index (χ1) is 5.74. The third-order valence-electron chi connectivity index (χ3n) is 1.19. The summed E-state index contributed by atoms with van der Waals surface area (Å²) in [5, 5.41) is 0.652. The number of hydrogen-bond acceptors (Lipinski definition) is 3. The molecule has 0 saturated carbocycles. The number of nitrogen functional groups attached to an aromatic ring is 1. The van der Waals surface area contributed by atoms with Gasteiger partial charge in [-0.25, -0.2) is 10.8 Å². The second kappa shape index (κ2) is 5.80. The smallest absolute Gasteiger partial charge is 0.140 e. The maximum Gasteiger partial charge on any atom is 0.140 e. The van der Waals surface area contributed by atoms with Crippen LogP contribution < -0.4 is 11.3 Å². The number of nitrogens with two attached hydrogens (primary N) is 1. The summed E-state index contributed by atoms with van der Waals surface area (Å²) in [4.78, 5) is 3.89. The van der Waals surface area contributed by atoms with Crippen molar-refractivity contribution in [1.82, 2.24) is 4.98 Å². The number of hydrogen-bond donors (Lipinski definition) is 2. The fourth-order valence-corrected chi connectivity index (χ4v) is 0.722. The molecule has 0 aliphatic carbocycles. The van der Waals surface area contributed by atoms with Crippen molar-refractivity contribution < 1.29 is 0 Å². The number of nitrogens with zero attached hydrogens (tertiary/aromatic N) is 1. The van der Waals surface area contributed by atoms with E-state index in [1.54, 1.807) is 12.3 Å². The number of hydrazine groups is 1. The molecule has 3 N–H and O–H groups in total. The van der Waals surface area contributed by atoms with Crippen molar-refractivity contribution in [3.63, 3.8) is 0 Å². The van der Waals surface area contributed by atoms with Crippen LogP contribution in [0.25, 0.3) is 0 Å². The minimum atomic E-state index is 0.627. The van der Waals surface area contributed by atoms with Crippen molar-refractivity contribution in [3.05, 3.63) is 22.8 Å². The Balaban J connectivity index is 0.000000561. The fraction of sp³-hybridized carbons (Fsp3) is 0.375. The van der Waals surface area contributed by atoms with Crippen LogP contribution in [0.15, 0.2) is 12.3 Å². The van der Waals surface area contributed by atoms with E-state index in [0.717, 1.165) is 5.56 Å². The molecule has 0 bridgehead atoms. The number of nitrogens with one attached hydrogen (secondary N) is 1. The lowest BCUT2D eigenvalue weighted by molar-refractivity contribution is 1.21. The second-order valence-electron chi connectivity index (χ2n) is 1.96. The van der Waals surface area contributed by atoms with Gasteiger partial charge in [0.2, 0.25) is 0 Å². The molecule has 0 atom stereocenters. The van der Waals surface area contributed by atoms with Crippen LogP contribution in [0.5, 0.6) is 0 Å². The highest BCUT2D eigenvalue weighted by atomic mass is 35.5. The Morgan fingerprint density at radius 2 is 2.08 bits per heavy atom. The fourth-order valence-electron chi connectivity index (χ4n) is 0.618. The zero-order chi connectivity index (χ0) is 9.56. The standard InChI is InChI=1S/C6H8ClN3.C2H6/c1-4-2-6(10-8)9-3-5(4)7;1-2/h2-3H,8H2,1H3,(H,9,10);1-2H3. The molecule has 0 spiro atoms. The summed E-state index contributed by atoms with van der Waals surface area (Å²) in [6.45, 7) is 5.89. The van der Waals surface area contributed by atoms with E-state index in [1.807, 2.05) is 20.8 Å². The average molecular weight is 188 g/mol. The number of aromatic nitrogens is 1. The van der Waals surface area contributed by atoms with E-state index in [1.165, 1.54) is 0 Å². The quantitative estimate of drug-likeness (QED) is 0.524. The van der Waals surface area contributed by atoms with Crippen LogP contribution in [0, 0.1) is 6.92 Å². The molecule has 0 aromatic carbocycles. The maximum atomic E-state index is 5.71. The summed E-state index contributed by atoms with van der Waals surface area (Å²) in [6, 6.07) is 1.78. The van der Waals surface area contributed by atoms with Crippen LogP contribution in [-0.2, 0) is 0 Å². The molecule has 0 amide bonds. The largest absolute Gasteiger partial charge is 0.308 e. The van der Waals surface area contributed by atoms with Crippen LogP contribution in [0.2, 0.25) is 5.02 Å². The van der Waals surface area contributed by atoms with Gasteiger partial charge in [0, 0.05) is 6.20 Å². The van der Waals surface area contributed by atoms with E-state index in [9.17, 15) is 0 Å². The minimum absolute atomic E-state index is 0.627. The van der Waals surface area contributed by atoms with Gasteiger partial charge >= 0.3 is 0 Å². The summed E-state index contributed by atoms with van der Waals surface area (Å²) in [5.74, 6) is 5.74. The Labute approximate surface area is 77.9 Å². The van der Waals surface area contributed by atoms with Gasteiger partial charge < -0.3 is 5.43 Å². The lowest BCUT2D eigenvalue weighted by Gasteiger charge is -2.00. The van der Waals surface area contributed by atoms with Gasteiger partial charge in [-0.1, -0.05) is 25.4 Å². The summed E-state index contributed by atoms with van der Waals surface area (Å²) >= 11 is 5.71. The maximum absolute atomic E-state index is 5.71. The first kappa shape index (κ1) is 11.2. The van der Waals surface area contributed by atoms with Crippen molar-refractivity contribution in [2.24, 2.45) is 5.84 Å². The van der Waals surface area contributed by atoms with Crippen molar-refractivity contribution in [2.75, 3.05) is 5.43 Å². The number of aryl methyl sites for hydroxylation is 1. The van der Waals surface area contributed by atoms with Gasteiger partial charge in [-0.05, 0) is 18.6 Å². The lowest BCUT2D eigenvalue weighted by atomic mass is 10.3. The normalized spacial score (nSPS) is 8.42. The molecule has 1 aromatic rings. The average Bonchev–Trinajstić information content (AvgIpc) is 2.13. The summed E-state index contributed by atoms with van der Waals surface area (Å²) < 4.78 is 0. The van der Waals surface area contributed by atoms with Crippen molar-refractivity contribution in [3.8, 4) is 0 Å². The number of halogens is 1. The summed E-state index contributed by atoms with van der Waals surface area (Å²) in [5.41, 5.74) is 3.39. The predicted molar refractivity (Wildman–Crippen MR) is 53.1 cm³/mol. The highest BCUT2D eigenvalue weighted by molar-refractivity contribution is 6.31. The third kappa shape index (κ3) is 3.07. The Morgan fingerprint density at radius 1 is 1.50 bits per heavy atom. The number of anilines is 1. The molecule has 0 radical (unpaired) electrons. The molecule has 3 nitrogen and oxygen atoms in total. The molecule has 12 heavy (non-hydrogen) atoms. The SMILES string of the molecule is CC.Cc1cc(NN)ncc1Cl.